The average Bonchev–Trinajstić information content (AvgIpc) is 2.24. The third kappa shape index (κ3) is 5.43. The van der Waals surface area contributed by atoms with E-state index in [2.05, 4.69) is 55.3 Å². The molecule has 0 spiro atoms. The van der Waals surface area contributed by atoms with Crippen LogP contribution < -0.4 is 10.2 Å². The number of aryl methyl sites for hydroxylation is 1. The lowest BCUT2D eigenvalue weighted by Gasteiger charge is -2.20. The SMILES string of the molecule is CCN(CC)c1ccc(C)cc1.CNC. The molecule has 0 radical (unpaired) electrons. The van der Waals surface area contributed by atoms with Crippen molar-refractivity contribution in [1.29, 1.82) is 0 Å². The lowest BCUT2D eigenvalue weighted by atomic mass is 10.2. The van der Waals surface area contributed by atoms with Gasteiger partial charge in [-0.15, -0.1) is 0 Å². The molecule has 0 fully saturated rings. The van der Waals surface area contributed by atoms with Crippen LogP contribution in [0.3, 0.4) is 0 Å². The van der Waals surface area contributed by atoms with Gasteiger partial charge in [0.2, 0.25) is 0 Å². The summed E-state index contributed by atoms with van der Waals surface area (Å²) in [4.78, 5) is 2.35. The molecule has 2 nitrogen and oxygen atoms in total. The van der Waals surface area contributed by atoms with E-state index in [9.17, 15) is 0 Å². The quantitative estimate of drug-likeness (QED) is 0.821. The molecule has 15 heavy (non-hydrogen) atoms. The normalized spacial score (nSPS) is 9.13. The third-order valence-corrected chi connectivity index (χ3v) is 2.16. The van der Waals surface area contributed by atoms with Gasteiger partial charge in [0.1, 0.15) is 0 Å². The second kappa shape index (κ2) is 8.30. The van der Waals surface area contributed by atoms with Crippen molar-refractivity contribution in [3.05, 3.63) is 29.8 Å². The molecular formula is C13H24N2. The van der Waals surface area contributed by atoms with Crippen LogP contribution in [0.25, 0.3) is 0 Å². The van der Waals surface area contributed by atoms with Gasteiger partial charge >= 0.3 is 0 Å². The first-order valence-corrected chi connectivity index (χ1v) is 5.59. The maximum Gasteiger partial charge on any atom is 0.0366 e. The molecule has 0 amide bonds. The minimum absolute atomic E-state index is 1.08. The second-order valence-electron chi connectivity index (χ2n) is 3.51. The highest BCUT2D eigenvalue weighted by molar-refractivity contribution is 5.47. The van der Waals surface area contributed by atoms with E-state index in [0.29, 0.717) is 0 Å². The molecule has 0 aliphatic rings. The molecule has 0 atom stereocenters. The van der Waals surface area contributed by atoms with Gasteiger partial charge in [0.15, 0.2) is 0 Å². The number of hydrogen-bond donors (Lipinski definition) is 1. The highest BCUT2D eigenvalue weighted by Crippen LogP contribution is 2.13. The summed E-state index contributed by atoms with van der Waals surface area (Å²) in [5, 5.41) is 2.75. The smallest absolute Gasteiger partial charge is 0.0366 e. The highest BCUT2D eigenvalue weighted by Gasteiger charge is 1.98. The van der Waals surface area contributed by atoms with Crippen molar-refractivity contribution in [3.8, 4) is 0 Å². The Kier molecular flexibility index (Phi) is 7.74. The van der Waals surface area contributed by atoms with E-state index < -0.39 is 0 Å². The summed E-state index contributed by atoms with van der Waals surface area (Å²) in [6.07, 6.45) is 0. The van der Waals surface area contributed by atoms with Crippen molar-refractivity contribution < 1.29 is 0 Å². The largest absolute Gasteiger partial charge is 0.372 e. The lowest BCUT2D eigenvalue weighted by Crippen LogP contribution is -2.21. The Balaban J connectivity index is 0.000000583. The zero-order valence-corrected chi connectivity index (χ0v) is 10.7. The van der Waals surface area contributed by atoms with Crippen LogP contribution in [0, 0.1) is 6.92 Å². The molecule has 86 valence electrons. The van der Waals surface area contributed by atoms with Gasteiger partial charge in [0, 0.05) is 18.8 Å². The molecule has 0 unspecified atom stereocenters. The maximum atomic E-state index is 2.75. The predicted octanol–water partition coefficient (Wildman–Crippen LogP) is 2.68. The van der Waals surface area contributed by atoms with Gasteiger partial charge in [-0.3, -0.25) is 0 Å². The van der Waals surface area contributed by atoms with Crippen LogP contribution in [-0.4, -0.2) is 27.2 Å². The van der Waals surface area contributed by atoms with Gasteiger partial charge in [-0.1, -0.05) is 17.7 Å². The second-order valence-corrected chi connectivity index (χ2v) is 3.51. The highest BCUT2D eigenvalue weighted by atomic mass is 15.1. The molecule has 1 N–H and O–H groups in total. The number of rotatable bonds is 3. The van der Waals surface area contributed by atoms with Crippen LogP contribution in [0.4, 0.5) is 5.69 Å². The van der Waals surface area contributed by atoms with Crippen molar-refractivity contribution >= 4 is 5.69 Å². The monoisotopic (exact) mass is 208 g/mol. The average molecular weight is 208 g/mol. The first-order chi connectivity index (χ1) is 7.19. The molecule has 2 heteroatoms. The van der Waals surface area contributed by atoms with Gasteiger partial charge in [-0.25, -0.2) is 0 Å². The molecule has 0 aliphatic heterocycles. The molecule has 1 aromatic rings. The predicted molar refractivity (Wildman–Crippen MR) is 69.7 cm³/mol. The van der Waals surface area contributed by atoms with Gasteiger partial charge < -0.3 is 10.2 Å². The summed E-state index contributed by atoms with van der Waals surface area (Å²) in [7, 11) is 3.75. The zero-order valence-electron chi connectivity index (χ0n) is 10.7. The van der Waals surface area contributed by atoms with Crippen LogP contribution in [-0.2, 0) is 0 Å². The summed E-state index contributed by atoms with van der Waals surface area (Å²) in [5.41, 5.74) is 2.65. The van der Waals surface area contributed by atoms with E-state index in [-0.39, 0.29) is 0 Å². The molecule has 0 heterocycles. The molecular weight excluding hydrogens is 184 g/mol. The Morgan fingerprint density at radius 2 is 1.40 bits per heavy atom. The molecule has 0 bridgehead atoms. The molecule has 0 aliphatic carbocycles. The fourth-order valence-corrected chi connectivity index (χ4v) is 1.34. The number of hydrogen-bond acceptors (Lipinski definition) is 2. The van der Waals surface area contributed by atoms with E-state index in [1.165, 1.54) is 11.3 Å². The molecule has 0 aromatic heterocycles. The maximum absolute atomic E-state index is 2.75. The summed E-state index contributed by atoms with van der Waals surface area (Å²) < 4.78 is 0. The van der Waals surface area contributed by atoms with E-state index >= 15 is 0 Å². The van der Waals surface area contributed by atoms with Crippen LogP contribution in [0.15, 0.2) is 24.3 Å². The Bertz CT molecular complexity index is 237. The van der Waals surface area contributed by atoms with Crippen molar-refractivity contribution in [2.45, 2.75) is 20.8 Å². The summed E-state index contributed by atoms with van der Waals surface area (Å²) >= 11 is 0. The minimum Gasteiger partial charge on any atom is -0.372 e. The van der Waals surface area contributed by atoms with Gasteiger partial charge in [-0.05, 0) is 47.0 Å². The molecule has 1 aromatic carbocycles. The van der Waals surface area contributed by atoms with Gasteiger partial charge in [0.05, 0.1) is 0 Å². The van der Waals surface area contributed by atoms with Crippen LogP contribution in [0.2, 0.25) is 0 Å². The van der Waals surface area contributed by atoms with E-state index in [1.807, 2.05) is 14.1 Å². The number of benzene rings is 1. The third-order valence-electron chi connectivity index (χ3n) is 2.16. The van der Waals surface area contributed by atoms with E-state index in [1.54, 1.807) is 0 Å². The number of nitrogens with one attached hydrogen (secondary N) is 1. The standard InChI is InChI=1S/C11H17N.C2H7N/c1-4-12(5-2)11-8-6-10(3)7-9-11;1-3-2/h6-9H,4-5H2,1-3H3;3H,1-2H3. The first kappa shape index (κ1) is 14.0. The molecule has 1 rings (SSSR count). The molecule has 0 saturated heterocycles. The fraction of sp³-hybridized carbons (Fsp3) is 0.538. The van der Waals surface area contributed by atoms with Gasteiger partial charge in [-0.2, -0.15) is 0 Å². The van der Waals surface area contributed by atoms with Crippen molar-refractivity contribution in [2.75, 3.05) is 32.1 Å². The van der Waals surface area contributed by atoms with Crippen molar-refractivity contribution in [3.63, 3.8) is 0 Å². The fourth-order valence-electron chi connectivity index (χ4n) is 1.34. The number of nitrogens with zero attached hydrogens (tertiary/aromatic N) is 1. The topological polar surface area (TPSA) is 15.3 Å². The van der Waals surface area contributed by atoms with E-state index in [4.69, 9.17) is 0 Å². The first-order valence-electron chi connectivity index (χ1n) is 5.59. The summed E-state index contributed by atoms with van der Waals surface area (Å²) in [5.74, 6) is 0. The van der Waals surface area contributed by atoms with Gasteiger partial charge in [0.25, 0.3) is 0 Å². The Hall–Kier alpha value is -1.02. The Labute approximate surface area is 94.3 Å². The summed E-state index contributed by atoms with van der Waals surface area (Å²) in [6.45, 7) is 8.65. The Morgan fingerprint density at radius 1 is 1.00 bits per heavy atom. The minimum atomic E-state index is 1.08. The summed E-state index contributed by atoms with van der Waals surface area (Å²) in [6, 6.07) is 8.69. The zero-order chi connectivity index (χ0) is 11.7. The van der Waals surface area contributed by atoms with Crippen LogP contribution in [0.5, 0.6) is 0 Å². The van der Waals surface area contributed by atoms with Crippen LogP contribution in [0.1, 0.15) is 19.4 Å². The Morgan fingerprint density at radius 3 is 1.73 bits per heavy atom. The van der Waals surface area contributed by atoms with E-state index in [0.717, 1.165) is 13.1 Å². The van der Waals surface area contributed by atoms with Crippen LogP contribution >= 0.6 is 0 Å². The molecule has 0 saturated carbocycles. The van der Waals surface area contributed by atoms with Crippen molar-refractivity contribution in [2.24, 2.45) is 0 Å². The number of anilines is 1. The van der Waals surface area contributed by atoms with Crippen molar-refractivity contribution in [1.82, 2.24) is 5.32 Å². The lowest BCUT2D eigenvalue weighted by molar-refractivity contribution is 0.866.